The molecule has 1 amide bonds. The topological polar surface area (TPSA) is 71.4 Å². The van der Waals surface area contributed by atoms with Crippen LogP contribution in [-0.2, 0) is 6.42 Å². The van der Waals surface area contributed by atoms with Crippen LogP contribution in [-0.4, -0.2) is 33.9 Å². The molecule has 1 atom stereocenters. The highest BCUT2D eigenvalue weighted by Crippen LogP contribution is 2.42. The minimum Gasteiger partial charge on any atom is -0.494 e. The number of oxazole rings is 1. The van der Waals surface area contributed by atoms with Crippen molar-refractivity contribution in [1.29, 1.82) is 0 Å². The minimum absolute atomic E-state index is 0.137. The van der Waals surface area contributed by atoms with Crippen molar-refractivity contribution < 1.29 is 13.9 Å². The van der Waals surface area contributed by atoms with Gasteiger partial charge in [0.15, 0.2) is 12.1 Å². The first-order valence-corrected chi connectivity index (χ1v) is 10.2. The van der Waals surface area contributed by atoms with E-state index in [0.29, 0.717) is 24.6 Å². The first-order valence-electron chi connectivity index (χ1n) is 10.2. The van der Waals surface area contributed by atoms with Crippen LogP contribution < -0.4 is 4.74 Å². The van der Waals surface area contributed by atoms with Gasteiger partial charge in [0.25, 0.3) is 5.91 Å². The number of para-hydroxylation sites is 2. The van der Waals surface area contributed by atoms with Crippen molar-refractivity contribution in [3.05, 3.63) is 83.2 Å². The van der Waals surface area contributed by atoms with Gasteiger partial charge in [-0.3, -0.25) is 4.79 Å². The Bertz CT molecular complexity index is 1220. The summed E-state index contributed by atoms with van der Waals surface area (Å²) >= 11 is 0. The molecule has 4 aromatic rings. The second kappa shape index (κ2) is 7.37. The number of carbonyl (C=O) groups excluding carboxylic acids is 1. The molecule has 0 spiro atoms. The molecule has 2 aromatic carbocycles. The Kier molecular flexibility index (Phi) is 4.54. The third kappa shape index (κ3) is 2.87. The molecule has 0 radical (unpaired) electrons. The fraction of sp³-hybridized carbons (Fsp3) is 0.250. The van der Waals surface area contributed by atoms with Gasteiger partial charge in [-0.25, -0.2) is 4.98 Å². The number of hydrogen-bond donors (Lipinski definition) is 1. The van der Waals surface area contributed by atoms with E-state index in [1.807, 2.05) is 42.2 Å². The first-order chi connectivity index (χ1) is 14.7. The predicted octanol–water partition coefficient (Wildman–Crippen LogP) is 4.65. The molecule has 1 N–H and O–H groups in total. The molecular formula is C24H23N3O3. The molecule has 0 saturated carbocycles. The standard InChI is InChI=1S/C24H23N3O3/c1-3-29-20-11-7-5-9-18(20)23-22-17(16-8-4-6-10-19(16)26-22)12-13-27(23)24(28)21-15(2)30-14-25-21/h4-11,14,23,26H,3,12-13H2,1-2H3/t23-/m1/s1. The van der Waals surface area contributed by atoms with Gasteiger partial charge < -0.3 is 19.0 Å². The number of benzene rings is 2. The van der Waals surface area contributed by atoms with Gasteiger partial charge in [0.2, 0.25) is 0 Å². The van der Waals surface area contributed by atoms with Gasteiger partial charge in [0.1, 0.15) is 17.6 Å². The van der Waals surface area contributed by atoms with Crippen LogP contribution in [0.3, 0.4) is 0 Å². The lowest BCUT2D eigenvalue weighted by Gasteiger charge is -2.36. The molecule has 1 aliphatic heterocycles. The van der Waals surface area contributed by atoms with Gasteiger partial charge in [0.05, 0.1) is 6.61 Å². The second-order valence-corrected chi connectivity index (χ2v) is 7.44. The summed E-state index contributed by atoms with van der Waals surface area (Å²) in [5.74, 6) is 1.17. The molecule has 6 heteroatoms. The van der Waals surface area contributed by atoms with E-state index in [9.17, 15) is 4.79 Å². The second-order valence-electron chi connectivity index (χ2n) is 7.44. The third-order valence-electron chi connectivity index (χ3n) is 5.76. The van der Waals surface area contributed by atoms with Crippen LogP contribution in [0.1, 0.15) is 46.0 Å². The number of rotatable bonds is 4. The molecule has 30 heavy (non-hydrogen) atoms. The van der Waals surface area contributed by atoms with Gasteiger partial charge in [0, 0.05) is 28.7 Å². The molecular weight excluding hydrogens is 378 g/mol. The summed E-state index contributed by atoms with van der Waals surface area (Å²) in [4.78, 5) is 23.1. The number of aromatic amines is 1. The summed E-state index contributed by atoms with van der Waals surface area (Å²) in [6, 6.07) is 15.9. The Labute approximate surface area is 174 Å². The van der Waals surface area contributed by atoms with Crippen LogP contribution in [0.5, 0.6) is 5.75 Å². The van der Waals surface area contributed by atoms with Crippen LogP contribution in [0.2, 0.25) is 0 Å². The van der Waals surface area contributed by atoms with Gasteiger partial charge in [-0.2, -0.15) is 0 Å². The summed E-state index contributed by atoms with van der Waals surface area (Å²) in [7, 11) is 0. The molecule has 0 saturated heterocycles. The van der Waals surface area contributed by atoms with E-state index in [1.165, 1.54) is 17.3 Å². The zero-order valence-corrected chi connectivity index (χ0v) is 17.0. The van der Waals surface area contributed by atoms with Gasteiger partial charge in [-0.1, -0.05) is 36.4 Å². The largest absolute Gasteiger partial charge is 0.494 e. The summed E-state index contributed by atoms with van der Waals surface area (Å²) in [6.45, 7) is 4.88. The zero-order chi connectivity index (χ0) is 20.7. The van der Waals surface area contributed by atoms with Crippen molar-refractivity contribution in [2.75, 3.05) is 13.2 Å². The summed E-state index contributed by atoms with van der Waals surface area (Å²) in [5, 5.41) is 1.20. The van der Waals surface area contributed by atoms with E-state index in [1.54, 1.807) is 6.92 Å². The van der Waals surface area contributed by atoms with E-state index in [0.717, 1.165) is 28.9 Å². The average Bonchev–Trinajstić information content (AvgIpc) is 3.36. The number of amides is 1. The van der Waals surface area contributed by atoms with E-state index in [4.69, 9.17) is 9.15 Å². The number of aromatic nitrogens is 2. The molecule has 5 rings (SSSR count). The highest BCUT2D eigenvalue weighted by Gasteiger charge is 2.37. The van der Waals surface area contributed by atoms with E-state index in [2.05, 4.69) is 28.2 Å². The van der Waals surface area contributed by atoms with Crippen LogP contribution in [0.4, 0.5) is 0 Å². The van der Waals surface area contributed by atoms with Crippen LogP contribution in [0.15, 0.2) is 59.3 Å². The van der Waals surface area contributed by atoms with Crippen LogP contribution >= 0.6 is 0 Å². The molecule has 2 aromatic heterocycles. The Balaban J connectivity index is 1.70. The Morgan fingerprint density at radius 2 is 2.03 bits per heavy atom. The molecule has 1 aliphatic rings. The number of nitrogens with zero attached hydrogens (tertiary/aromatic N) is 2. The van der Waals surface area contributed by atoms with E-state index < -0.39 is 0 Å². The molecule has 0 fully saturated rings. The predicted molar refractivity (Wildman–Crippen MR) is 114 cm³/mol. The van der Waals surface area contributed by atoms with Crippen molar-refractivity contribution in [1.82, 2.24) is 14.9 Å². The fourth-order valence-corrected chi connectivity index (χ4v) is 4.42. The summed E-state index contributed by atoms with van der Waals surface area (Å²) in [5.41, 5.74) is 4.68. The number of carbonyl (C=O) groups is 1. The fourth-order valence-electron chi connectivity index (χ4n) is 4.42. The number of aryl methyl sites for hydroxylation is 1. The molecule has 0 bridgehead atoms. The van der Waals surface area contributed by atoms with Crippen LogP contribution in [0.25, 0.3) is 10.9 Å². The first kappa shape index (κ1) is 18.5. The SMILES string of the molecule is CCOc1ccccc1[C@@H]1c2[nH]c3ccccc3c2CCN1C(=O)c1ncoc1C. The smallest absolute Gasteiger partial charge is 0.276 e. The lowest BCUT2D eigenvalue weighted by molar-refractivity contribution is 0.0682. The molecule has 6 nitrogen and oxygen atoms in total. The highest BCUT2D eigenvalue weighted by atomic mass is 16.5. The van der Waals surface area contributed by atoms with Gasteiger partial charge >= 0.3 is 0 Å². The summed E-state index contributed by atoms with van der Waals surface area (Å²) in [6.07, 6.45) is 2.10. The number of hydrogen-bond acceptors (Lipinski definition) is 4. The summed E-state index contributed by atoms with van der Waals surface area (Å²) < 4.78 is 11.2. The van der Waals surface area contributed by atoms with Gasteiger partial charge in [-0.05, 0) is 38.0 Å². The minimum atomic E-state index is -0.299. The van der Waals surface area contributed by atoms with Crippen molar-refractivity contribution in [2.24, 2.45) is 0 Å². The number of ether oxygens (including phenoxy) is 1. The maximum atomic E-state index is 13.5. The Hall–Kier alpha value is -3.54. The Morgan fingerprint density at radius 3 is 2.83 bits per heavy atom. The van der Waals surface area contributed by atoms with Crippen molar-refractivity contribution in [3.63, 3.8) is 0 Å². The number of H-pyrrole nitrogens is 1. The molecule has 0 aliphatic carbocycles. The number of fused-ring (bicyclic) bond motifs is 3. The van der Waals surface area contributed by atoms with E-state index >= 15 is 0 Å². The molecule has 3 heterocycles. The maximum absolute atomic E-state index is 13.5. The van der Waals surface area contributed by atoms with E-state index in [-0.39, 0.29) is 11.9 Å². The lowest BCUT2D eigenvalue weighted by Crippen LogP contribution is -2.41. The average molecular weight is 401 g/mol. The normalized spacial score (nSPS) is 15.9. The zero-order valence-electron chi connectivity index (χ0n) is 17.0. The van der Waals surface area contributed by atoms with Crippen LogP contribution in [0, 0.1) is 6.92 Å². The van der Waals surface area contributed by atoms with Crippen molar-refractivity contribution >= 4 is 16.8 Å². The molecule has 0 unspecified atom stereocenters. The van der Waals surface area contributed by atoms with Crippen molar-refractivity contribution in [3.8, 4) is 5.75 Å². The third-order valence-corrected chi connectivity index (χ3v) is 5.76. The quantitative estimate of drug-likeness (QED) is 0.540. The van der Waals surface area contributed by atoms with Gasteiger partial charge in [-0.15, -0.1) is 0 Å². The highest BCUT2D eigenvalue weighted by molar-refractivity contribution is 5.94. The maximum Gasteiger partial charge on any atom is 0.276 e. The Morgan fingerprint density at radius 1 is 1.23 bits per heavy atom. The monoisotopic (exact) mass is 401 g/mol. The van der Waals surface area contributed by atoms with Crippen molar-refractivity contribution in [2.45, 2.75) is 26.3 Å². The lowest BCUT2D eigenvalue weighted by atomic mass is 9.91. The molecule has 152 valence electrons. The number of nitrogens with one attached hydrogen (secondary N) is 1.